The van der Waals surface area contributed by atoms with Gasteiger partial charge >= 0.3 is 0 Å². The minimum absolute atomic E-state index is 0.142. The van der Waals surface area contributed by atoms with Crippen LogP contribution >= 0.6 is 0 Å². The molecule has 0 spiro atoms. The average Bonchev–Trinajstić information content (AvgIpc) is 2.26. The van der Waals surface area contributed by atoms with Gasteiger partial charge in [-0.25, -0.2) is 0 Å². The topological polar surface area (TPSA) is 67.9 Å². The van der Waals surface area contributed by atoms with Gasteiger partial charge in [0.2, 0.25) is 5.91 Å². The molecular weight excluding hydrogens is 190 g/mol. The molecule has 0 aromatic heterocycles. The van der Waals surface area contributed by atoms with E-state index in [1.165, 1.54) is 0 Å². The molecule has 1 atom stereocenters. The molecule has 15 heavy (non-hydrogen) atoms. The highest BCUT2D eigenvalue weighted by Crippen LogP contribution is 2.09. The molecule has 4 nitrogen and oxygen atoms in total. The Bertz CT molecular complexity index is 275. The fourth-order valence-corrected chi connectivity index (χ4v) is 1.36. The summed E-state index contributed by atoms with van der Waals surface area (Å²) in [5, 5.41) is 17.3. The molecule has 0 aliphatic carbocycles. The molecule has 0 bridgehead atoms. The fraction of sp³-hybridized carbons (Fsp3) is 0.727. The molecule has 1 amide bonds. The van der Waals surface area contributed by atoms with Gasteiger partial charge in [0.25, 0.3) is 0 Å². The van der Waals surface area contributed by atoms with Crippen molar-refractivity contribution in [2.45, 2.75) is 33.1 Å². The van der Waals surface area contributed by atoms with Crippen LogP contribution in [-0.2, 0) is 4.79 Å². The molecule has 0 aliphatic rings. The maximum atomic E-state index is 11.8. The summed E-state index contributed by atoms with van der Waals surface area (Å²) in [5.41, 5.74) is 0. The number of carbonyl (C=O) groups is 1. The van der Waals surface area contributed by atoms with Gasteiger partial charge < -0.3 is 4.90 Å². The lowest BCUT2D eigenvalue weighted by Gasteiger charge is -2.21. The second kappa shape index (κ2) is 7.82. The number of carbonyl (C=O) groups excluding carboxylic acids is 1. The smallest absolute Gasteiger partial charge is 0.239 e. The van der Waals surface area contributed by atoms with Crippen LogP contribution in [0, 0.1) is 28.6 Å². The zero-order valence-corrected chi connectivity index (χ0v) is 9.36. The Balaban J connectivity index is 4.36. The van der Waals surface area contributed by atoms with E-state index >= 15 is 0 Å². The van der Waals surface area contributed by atoms with E-state index in [0.717, 1.165) is 6.42 Å². The second-order valence-corrected chi connectivity index (χ2v) is 3.30. The van der Waals surface area contributed by atoms with Crippen LogP contribution < -0.4 is 0 Å². The second-order valence-electron chi connectivity index (χ2n) is 3.30. The summed E-state index contributed by atoms with van der Waals surface area (Å²) < 4.78 is 0. The largest absolute Gasteiger partial charge is 0.341 e. The first-order valence-corrected chi connectivity index (χ1v) is 5.26. The number of hydrogen-bond acceptors (Lipinski definition) is 3. The highest BCUT2D eigenvalue weighted by molar-refractivity contribution is 5.81. The van der Waals surface area contributed by atoms with Crippen molar-refractivity contribution in [3.63, 3.8) is 0 Å². The van der Waals surface area contributed by atoms with E-state index in [4.69, 9.17) is 10.5 Å². The normalized spacial score (nSPS) is 11.2. The van der Waals surface area contributed by atoms with Gasteiger partial charge in [-0.05, 0) is 13.3 Å². The van der Waals surface area contributed by atoms with E-state index < -0.39 is 5.92 Å². The standard InChI is InChI=1S/C11H17N3O/c1-3-6-10(9-13)11(15)14(4-2)8-5-7-12/h10H,3-6,8H2,1-2H3. The molecule has 0 N–H and O–H groups in total. The summed E-state index contributed by atoms with van der Waals surface area (Å²) in [6.45, 7) is 4.79. The Kier molecular flexibility index (Phi) is 7.01. The van der Waals surface area contributed by atoms with E-state index in [9.17, 15) is 4.79 Å². The Morgan fingerprint density at radius 1 is 1.40 bits per heavy atom. The van der Waals surface area contributed by atoms with Crippen molar-refractivity contribution < 1.29 is 4.79 Å². The lowest BCUT2D eigenvalue weighted by Crippen LogP contribution is -2.36. The predicted octanol–water partition coefficient (Wildman–Crippen LogP) is 1.69. The average molecular weight is 207 g/mol. The van der Waals surface area contributed by atoms with Gasteiger partial charge in [0, 0.05) is 13.1 Å². The van der Waals surface area contributed by atoms with Gasteiger partial charge in [0.05, 0.1) is 18.6 Å². The Morgan fingerprint density at radius 2 is 2.07 bits per heavy atom. The summed E-state index contributed by atoms with van der Waals surface area (Å²) >= 11 is 0. The van der Waals surface area contributed by atoms with Crippen molar-refractivity contribution in [2.24, 2.45) is 5.92 Å². The summed E-state index contributed by atoms with van der Waals surface area (Å²) in [6, 6.07) is 4.02. The predicted molar refractivity (Wildman–Crippen MR) is 56.5 cm³/mol. The highest BCUT2D eigenvalue weighted by atomic mass is 16.2. The van der Waals surface area contributed by atoms with E-state index in [0.29, 0.717) is 25.9 Å². The molecule has 1 unspecified atom stereocenters. The summed E-state index contributed by atoms with van der Waals surface area (Å²) in [7, 11) is 0. The number of amides is 1. The van der Waals surface area contributed by atoms with Crippen LogP contribution in [0.5, 0.6) is 0 Å². The van der Waals surface area contributed by atoms with Crippen LogP contribution in [0.15, 0.2) is 0 Å². The number of nitriles is 2. The third-order valence-electron chi connectivity index (χ3n) is 2.22. The van der Waals surface area contributed by atoms with Crippen LogP contribution in [0.25, 0.3) is 0 Å². The Morgan fingerprint density at radius 3 is 2.47 bits per heavy atom. The van der Waals surface area contributed by atoms with Gasteiger partial charge in [0.15, 0.2) is 0 Å². The molecular formula is C11H17N3O. The maximum Gasteiger partial charge on any atom is 0.239 e. The summed E-state index contributed by atoms with van der Waals surface area (Å²) in [5.74, 6) is -0.689. The molecule has 0 saturated heterocycles. The number of rotatable bonds is 6. The minimum atomic E-state index is -0.548. The summed E-state index contributed by atoms with van der Waals surface area (Å²) in [4.78, 5) is 13.4. The van der Waals surface area contributed by atoms with Gasteiger partial charge in [-0.1, -0.05) is 13.3 Å². The number of nitrogens with zero attached hydrogens (tertiary/aromatic N) is 3. The molecule has 0 heterocycles. The first-order chi connectivity index (χ1) is 7.21. The molecule has 0 aromatic carbocycles. The molecule has 0 rings (SSSR count). The molecule has 0 aromatic rings. The zero-order valence-electron chi connectivity index (χ0n) is 9.36. The minimum Gasteiger partial charge on any atom is -0.341 e. The van der Waals surface area contributed by atoms with Crippen LogP contribution in [0.3, 0.4) is 0 Å². The van der Waals surface area contributed by atoms with Crippen LogP contribution in [0.4, 0.5) is 0 Å². The quantitative estimate of drug-likeness (QED) is 0.665. The van der Waals surface area contributed by atoms with E-state index in [1.807, 2.05) is 26.0 Å². The fourth-order valence-electron chi connectivity index (χ4n) is 1.36. The van der Waals surface area contributed by atoms with Crippen molar-refractivity contribution in [2.75, 3.05) is 13.1 Å². The molecule has 82 valence electrons. The lowest BCUT2D eigenvalue weighted by molar-refractivity contribution is -0.133. The number of hydrogen-bond donors (Lipinski definition) is 0. The third-order valence-corrected chi connectivity index (χ3v) is 2.22. The highest BCUT2D eigenvalue weighted by Gasteiger charge is 2.21. The first-order valence-electron chi connectivity index (χ1n) is 5.26. The first kappa shape index (κ1) is 13.4. The SMILES string of the molecule is CCCC(C#N)C(=O)N(CC)CCC#N. The van der Waals surface area contributed by atoms with E-state index in [-0.39, 0.29) is 5.91 Å². The monoisotopic (exact) mass is 207 g/mol. The van der Waals surface area contributed by atoms with Crippen molar-refractivity contribution in [1.82, 2.24) is 4.90 Å². The van der Waals surface area contributed by atoms with Crippen molar-refractivity contribution >= 4 is 5.91 Å². The maximum absolute atomic E-state index is 11.8. The van der Waals surface area contributed by atoms with Crippen molar-refractivity contribution in [1.29, 1.82) is 10.5 Å². The summed E-state index contributed by atoms with van der Waals surface area (Å²) in [6.07, 6.45) is 1.74. The Labute approximate surface area is 91.1 Å². The molecule has 0 saturated carbocycles. The van der Waals surface area contributed by atoms with Crippen LogP contribution in [-0.4, -0.2) is 23.9 Å². The molecule has 0 aliphatic heterocycles. The van der Waals surface area contributed by atoms with Gasteiger partial charge in [-0.15, -0.1) is 0 Å². The van der Waals surface area contributed by atoms with Crippen molar-refractivity contribution in [3.8, 4) is 12.1 Å². The molecule has 0 radical (unpaired) electrons. The Hall–Kier alpha value is -1.55. The van der Waals surface area contributed by atoms with Gasteiger partial charge in [0.1, 0.15) is 5.92 Å². The van der Waals surface area contributed by atoms with Crippen LogP contribution in [0.1, 0.15) is 33.1 Å². The zero-order chi connectivity index (χ0) is 11.7. The van der Waals surface area contributed by atoms with Gasteiger partial charge in [-0.3, -0.25) is 4.79 Å². The van der Waals surface area contributed by atoms with Gasteiger partial charge in [-0.2, -0.15) is 10.5 Å². The third kappa shape index (κ3) is 4.46. The molecule has 4 heteroatoms. The molecule has 0 fully saturated rings. The lowest BCUT2D eigenvalue weighted by atomic mass is 10.0. The van der Waals surface area contributed by atoms with Crippen LogP contribution in [0.2, 0.25) is 0 Å². The van der Waals surface area contributed by atoms with E-state index in [2.05, 4.69) is 0 Å². The van der Waals surface area contributed by atoms with E-state index in [1.54, 1.807) is 4.90 Å². The van der Waals surface area contributed by atoms with Crippen molar-refractivity contribution in [3.05, 3.63) is 0 Å².